The van der Waals surface area contributed by atoms with E-state index >= 15 is 0 Å². The first-order chi connectivity index (χ1) is 58.6. The summed E-state index contributed by atoms with van der Waals surface area (Å²) in [7, 11) is 0. The molecule has 0 saturated carbocycles. The van der Waals surface area contributed by atoms with E-state index in [9.17, 15) is 0 Å². The zero-order chi connectivity index (χ0) is 79.0. The number of aromatic nitrogens is 4. The monoisotopic (exact) mass is 1520 g/mol. The number of fused-ring (bicyclic) bond motifs is 21. The van der Waals surface area contributed by atoms with Gasteiger partial charge < -0.3 is 18.3 Å². The summed E-state index contributed by atoms with van der Waals surface area (Å²) in [4.78, 5) is 0. The molecular weight excluding hydrogens is 1440 g/mol. The minimum absolute atomic E-state index is 0.117. The first-order valence-corrected chi connectivity index (χ1v) is 41.7. The molecule has 0 atom stereocenters. The highest BCUT2D eigenvalue weighted by Crippen LogP contribution is 2.58. The fourth-order valence-corrected chi connectivity index (χ4v) is 21.7. The van der Waals surface area contributed by atoms with Gasteiger partial charge in [0.2, 0.25) is 0 Å². The zero-order valence-electron chi connectivity index (χ0n) is 66.5. The minimum Gasteiger partial charge on any atom is -0.309 e. The summed E-state index contributed by atoms with van der Waals surface area (Å²) < 4.78 is 9.89. The van der Waals surface area contributed by atoms with E-state index in [2.05, 4.69) is 458 Å². The molecule has 119 heavy (non-hydrogen) atoms. The molecule has 25 rings (SSSR count). The standard InChI is InChI=1S/C61H40N2.C54H40N2/c1-4-17-41(18-5-1)42-19-16-24-47(37-42)62-57-29-14-11-26-50(57)53-38-43(31-35-59(53)62)44-32-36-60-54(39-44)51-27-12-15-30-58(51)63(60)48-33-34-56-52(40-48)49-25-10-13-28-55(49)61(56,45-20-6-2-7-21-45)46-22-8-3-9-23-46;1-53(2)43-21-9-5-15-35(43)39-19-13-25-49(51(39)53)55-45-23-11-7-17-37(45)41-31-33(27-29-47(41)55)34-28-30-48-42(32-34)38-18-8-12-24-46(38)56(48)50-26-14-20-40-36-16-6-10-22-44(36)54(3,4)52(40)50/h1-40H;5-32H,1-4H3. The van der Waals surface area contributed by atoms with E-state index in [1.54, 1.807) is 0 Å². The summed E-state index contributed by atoms with van der Waals surface area (Å²) in [5, 5.41) is 10.1. The van der Waals surface area contributed by atoms with Gasteiger partial charge >= 0.3 is 0 Å². The second-order valence-electron chi connectivity index (χ2n) is 33.8. The van der Waals surface area contributed by atoms with Crippen molar-refractivity contribution in [3.63, 3.8) is 0 Å². The molecule has 4 aromatic heterocycles. The molecule has 0 unspecified atom stereocenters. The van der Waals surface area contributed by atoms with Crippen LogP contribution in [0, 0.1) is 0 Å². The Kier molecular flexibility index (Phi) is 15.0. The number of hydrogen-bond donors (Lipinski definition) is 0. The molecule has 0 bridgehead atoms. The molecule has 0 aliphatic heterocycles. The maximum atomic E-state index is 2.51. The van der Waals surface area contributed by atoms with Crippen molar-refractivity contribution in [2.45, 2.75) is 43.9 Å². The molecule has 4 heterocycles. The Balaban J connectivity index is 0.000000136. The highest BCUT2D eigenvalue weighted by atomic mass is 15.0. The van der Waals surface area contributed by atoms with Crippen LogP contribution >= 0.6 is 0 Å². The van der Waals surface area contributed by atoms with Crippen LogP contribution in [0.1, 0.15) is 72.2 Å². The van der Waals surface area contributed by atoms with Gasteiger partial charge in [-0.1, -0.05) is 331 Å². The summed E-state index contributed by atoms with van der Waals surface area (Å²) in [6.45, 7) is 9.52. The zero-order valence-corrected chi connectivity index (χ0v) is 66.5. The molecule has 3 aliphatic carbocycles. The first-order valence-electron chi connectivity index (χ1n) is 41.7. The summed E-state index contributed by atoms with van der Waals surface area (Å²) in [5.41, 5.74) is 39.9. The average Bonchev–Trinajstić information content (AvgIpc) is 1.54. The predicted molar refractivity (Wildman–Crippen MR) is 499 cm³/mol. The molecule has 0 fully saturated rings. The fourth-order valence-electron chi connectivity index (χ4n) is 21.7. The van der Waals surface area contributed by atoms with Gasteiger partial charge in [0.05, 0.1) is 60.9 Å². The van der Waals surface area contributed by atoms with Gasteiger partial charge in [-0.15, -0.1) is 0 Å². The van der Waals surface area contributed by atoms with Gasteiger partial charge in [0.1, 0.15) is 0 Å². The summed E-state index contributed by atoms with van der Waals surface area (Å²) in [6.07, 6.45) is 0. The van der Waals surface area contributed by atoms with E-state index in [-0.39, 0.29) is 10.8 Å². The molecule has 0 spiro atoms. The summed E-state index contributed by atoms with van der Waals surface area (Å²) in [5.74, 6) is 0. The van der Waals surface area contributed by atoms with Crippen molar-refractivity contribution in [1.82, 2.24) is 18.3 Å². The summed E-state index contributed by atoms with van der Waals surface area (Å²) in [6, 6.07) is 153. The van der Waals surface area contributed by atoms with Crippen LogP contribution in [0.15, 0.2) is 413 Å². The average molecular weight is 1520 g/mol. The van der Waals surface area contributed by atoms with Crippen LogP contribution in [0.2, 0.25) is 0 Å². The van der Waals surface area contributed by atoms with Crippen LogP contribution in [-0.2, 0) is 16.2 Å². The molecule has 0 radical (unpaired) electrons. The van der Waals surface area contributed by atoms with E-state index in [0.29, 0.717) is 0 Å². The van der Waals surface area contributed by atoms with Gasteiger partial charge in [-0.25, -0.2) is 0 Å². The Morgan fingerprint density at radius 2 is 0.479 bits per heavy atom. The van der Waals surface area contributed by atoms with Crippen molar-refractivity contribution in [2.24, 2.45) is 0 Å². The molecule has 0 saturated heterocycles. The van der Waals surface area contributed by atoms with E-state index < -0.39 is 5.41 Å². The van der Waals surface area contributed by atoms with Crippen LogP contribution in [0.25, 0.3) is 177 Å². The third kappa shape index (κ3) is 9.98. The molecule has 18 aromatic carbocycles. The van der Waals surface area contributed by atoms with Gasteiger partial charge in [0.15, 0.2) is 0 Å². The molecular formula is C115H80N4. The molecule has 22 aromatic rings. The van der Waals surface area contributed by atoms with Crippen LogP contribution < -0.4 is 0 Å². The van der Waals surface area contributed by atoms with E-state index in [1.807, 2.05) is 0 Å². The number of hydrogen-bond acceptors (Lipinski definition) is 0. The van der Waals surface area contributed by atoms with Crippen molar-refractivity contribution in [1.29, 1.82) is 0 Å². The number of rotatable bonds is 9. The lowest BCUT2D eigenvalue weighted by Crippen LogP contribution is -2.28. The Morgan fingerprint density at radius 1 is 0.176 bits per heavy atom. The predicted octanol–water partition coefficient (Wildman–Crippen LogP) is 29.7. The smallest absolute Gasteiger partial charge is 0.0713 e. The molecule has 560 valence electrons. The van der Waals surface area contributed by atoms with Crippen LogP contribution in [0.3, 0.4) is 0 Å². The quantitative estimate of drug-likeness (QED) is 0.137. The van der Waals surface area contributed by atoms with E-state index in [0.717, 1.165) is 11.4 Å². The third-order valence-corrected chi connectivity index (χ3v) is 26.9. The van der Waals surface area contributed by atoms with Crippen molar-refractivity contribution in [3.05, 3.63) is 457 Å². The largest absolute Gasteiger partial charge is 0.309 e. The number of benzene rings is 18. The van der Waals surface area contributed by atoms with Gasteiger partial charge in [-0.2, -0.15) is 0 Å². The van der Waals surface area contributed by atoms with E-state index in [1.165, 1.54) is 210 Å². The summed E-state index contributed by atoms with van der Waals surface area (Å²) >= 11 is 0. The van der Waals surface area contributed by atoms with E-state index in [4.69, 9.17) is 0 Å². The molecule has 0 amide bonds. The minimum atomic E-state index is -0.428. The molecule has 3 aliphatic rings. The van der Waals surface area contributed by atoms with Gasteiger partial charge in [0, 0.05) is 65.3 Å². The molecule has 4 heteroatoms. The second kappa shape index (κ2) is 26.1. The molecule has 0 N–H and O–H groups in total. The number of para-hydroxylation sites is 4. The van der Waals surface area contributed by atoms with Crippen molar-refractivity contribution in [2.75, 3.05) is 0 Å². The highest BCUT2D eigenvalue weighted by molar-refractivity contribution is 6.16. The van der Waals surface area contributed by atoms with Crippen LogP contribution in [-0.4, -0.2) is 18.3 Å². The topological polar surface area (TPSA) is 19.7 Å². The van der Waals surface area contributed by atoms with Gasteiger partial charge in [-0.05, 0) is 220 Å². The van der Waals surface area contributed by atoms with Crippen LogP contribution in [0.4, 0.5) is 0 Å². The normalized spacial score (nSPS) is 13.7. The maximum Gasteiger partial charge on any atom is 0.0713 e. The number of nitrogens with zero attached hydrogens (tertiary/aromatic N) is 4. The Morgan fingerprint density at radius 3 is 0.916 bits per heavy atom. The Hall–Kier alpha value is -14.8. The fraction of sp³-hybridized carbons (Fsp3) is 0.0609. The first kappa shape index (κ1) is 68.6. The maximum absolute atomic E-state index is 2.51. The molecule has 4 nitrogen and oxygen atoms in total. The lowest BCUT2D eigenvalue weighted by Gasteiger charge is -2.33. The highest BCUT2D eigenvalue weighted by Gasteiger charge is 2.47. The lowest BCUT2D eigenvalue weighted by atomic mass is 9.68. The second-order valence-corrected chi connectivity index (χ2v) is 33.8. The van der Waals surface area contributed by atoms with Gasteiger partial charge in [0.25, 0.3) is 0 Å². The lowest BCUT2D eigenvalue weighted by molar-refractivity contribution is 0.656. The van der Waals surface area contributed by atoms with Crippen molar-refractivity contribution in [3.8, 4) is 89.5 Å². The Labute approximate surface area is 691 Å². The van der Waals surface area contributed by atoms with Crippen LogP contribution in [0.5, 0.6) is 0 Å². The Bertz CT molecular complexity index is 7710. The third-order valence-electron chi connectivity index (χ3n) is 26.9. The van der Waals surface area contributed by atoms with Crippen molar-refractivity contribution < 1.29 is 0 Å². The van der Waals surface area contributed by atoms with Crippen molar-refractivity contribution >= 4 is 87.2 Å². The SMILES string of the molecule is CC1(C)c2ccccc2-c2cccc(-n3c4ccccc4c4cc(-c5ccc6c(c5)c5ccccc5n6-c5cccc6c5C(C)(C)c5ccccc5-6)ccc43)c21.c1ccc(-c2cccc(-n3c4ccccc4c4cc(-c5ccc6c(c5)c5ccccc5n6-c5ccc6c(c5)-c5ccccc5C6(c5ccccc5)c5ccccc5)ccc43)c2)cc1. The van der Waals surface area contributed by atoms with Gasteiger partial charge in [-0.3, -0.25) is 0 Å².